The van der Waals surface area contributed by atoms with E-state index in [1.807, 2.05) is 31.2 Å². The molecular formula is C14H17N3O. The van der Waals surface area contributed by atoms with E-state index in [2.05, 4.69) is 10.3 Å². The summed E-state index contributed by atoms with van der Waals surface area (Å²) in [6.07, 6.45) is 1.74. The summed E-state index contributed by atoms with van der Waals surface area (Å²) in [5, 5.41) is 3.77. The standard InChI is InChI=1S/C14H17N3O/c1-9-6-7-11(17-13(18)14(2,3)15)10-5-4-8-16-12(9)10/h4-8H,15H2,1-3H3,(H,17,18). The minimum atomic E-state index is -0.903. The van der Waals surface area contributed by atoms with Crippen LogP contribution in [0.25, 0.3) is 10.9 Å². The predicted octanol–water partition coefficient (Wildman–Crippen LogP) is 2.22. The Bertz CT molecular complexity index is 600. The first-order valence-electron chi connectivity index (χ1n) is 5.84. The minimum absolute atomic E-state index is 0.212. The maximum atomic E-state index is 11.9. The smallest absolute Gasteiger partial charge is 0.243 e. The van der Waals surface area contributed by atoms with Crippen molar-refractivity contribution in [2.75, 3.05) is 5.32 Å². The fourth-order valence-corrected chi connectivity index (χ4v) is 1.71. The lowest BCUT2D eigenvalue weighted by atomic mass is 10.0. The van der Waals surface area contributed by atoms with Gasteiger partial charge in [0.1, 0.15) is 0 Å². The number of hydrogen-bond acceptors (Lipinski definition) is 3. The zero-order valence-corrected chi connectivity index (χ0v) is 10.8. The van der Waals surface area contributed by atoms with Gasteiger partial charge in [0.2, 0.25) is 5.91 Å². The van der Waals surface area contributed by atoms with Crippen molar-refractivity contribution < 1.29 is 4.79 Å². The Balaban J connectivity index is 2.47. The van der Waals surface area contributed by atoms with Gasteiger partial charge in [-0.3, -0.25) is 9.78 Å². The number of aromatic nitrogens is 1. The highest BCUT2D eigenvalue weighted by Crippen LogP contribution is 2.24. The minimum Gasteiger partial charge on any atom is -0.324 e. The van der Waals surface area contributed by atoms with Crippen LogP contribution in [0, 0.1) is 6.92 Å². The van der Waals surface area contributed by atoms with Crippen molar-refractivity contribution in [1.82, 2.24) is 4.98 Å². The van der Waals surface area contributed by atoms with Gasteiger partial charge in [0, 0.05) is 11.6 Å². The van der Waals surface area contributed by atoms with Gasteiger partial charge in [0.25, 0.3) is 0 Å². The Labute approximate surface area is 106 Å². The molecule has 18 heavy (non-hydrogen) atoms. The van der Waals surface area contributed by atoms with E-state index in [4.69, 9.17) is 5.73 Å². The highest BCUT2D eigenvalue weighted by atomic mass is 16.2. The molecule has 0 bridgehead atoms. The lowest BCUT2D eigenvalue weighted by Gasteiger charge is -2.18. The zero-order valence-electron chi connectivity index (χ0n) is 10.8. The molecule has 1 aromatic carbocycles. The van der Waals surface area contributed by atoms with Gasteiger partial charge in [0.15, 0.2) is 0 Å². The van der Waals surface area contributed by atoms with Crippen molar-refractivity contribution in [3.8, 4) is 0 Å². The summed E-state index contributed by atoms with van der Waals surface area (Å²) in [7, 11) is 0. The second kappa shape index (κ2) is 4.38. The van der Waals surface area contributed by atoms with Crippen molar-refractivity contribution in [2.45, 2.75) is 26.3 Å². The van der Waals surface area contributed by atoms with Gasteiger partial charge in [-0.15, -0.1) is 0 Å². The van der Waals surface area contributed by atoms with Gasteiger partial charge in [-0.1, -0.05) is 6.07 Å². The monoisotopic (exact) mass is 243 g/mol. The number of benzene rings is 1. The predicted molar refractivity (Wildman–Crippen MR) is 73.4 cm³/mol. The number of aryl methyl sites for hydroxylation is 1. The molecule has 94 valence electrons. The molecule has 0 aliphatic heterocycles. The summed E-state index contributed by atoms with van der Waals surface area (Å²) in [5.74, 6) is -0.212. The van der Waals surface area contributed by atoms with Crippen LogP contribution >= 0.6 is 0 Å². The Morgan fingerprint density at radius 3 is 2.72 bits per heavy atom. The maximum absolute atomic E-state index is 11.9. The van der Waals surface area contributed by atoms with Crippen LogP contribution in [0.2, 0.25) is 0 Å². The molecular weight excluding hydrogens is 226 g/mol. The van der Waals surface area contributed by atoms with Crippen LogP contribution in [0.15, 0.2) is 30.5 Å². The first-order chi connectivity index (χ1) is 8.39. The van der Waals surface area contributed by atoms with Crippen LogP contribution in [0.3, 0.4) is 0 Å². The third-order valence-corrected chi connectivity index (χ3v) is 2.80. The molecule has 1 amide bonds. The number of pyridine rings is 1. The van der Waals surface area contributed by atoms with E-state index in [1.165, 1.54) is 0 Å². The van der Waals surface area contributed by atoms with Crippen LogP contribution in [0.4, 0.5) is 5.69 Å². The molecule has 1 aromatic heterocycles. The van der Waals surface area contributed by atoms with E-state index in [9.17, 15) is 4.79 Å². The number of carbonyl (C=O) groups excluding carboxylic acids is 1. The van der Waals surface area contributed by atoms with Crippen LogP contribution in [0.5, 0.6) is 0 Å². The van der Waals surface area contributed by atoms with E-state index in [0.717, 1.165) is 22.2 Å². The number of nitrogens with one attached hydrogen (secondary N) is 1. The number of hydrogen-bond donors (Lipinski definition) is 2. The summed E-state index contributed by atoms with van der Waals surface area (Å²) in [6.45, 7) is 5.35. The third kappa shape index (κ3) is 2.33. The van der Waals surface area contributed by atoms with E-state index >= 15 is 0 Å². The average Bonchev–Trinajstić information content (AvgIpc) is 2.32. The van der Waals surface area contributed by atoms with Gasteiger partial charge >= 0.3 is 0 Å². The Kier molecular flexibility index (Phi) is 3.05. The van der Waals surface area contributed by atoms with Crippen LogP contribution in [-0.4, -0.2) is 16.4 Å². The lowest BCUT2D eigenvalue weighted by Crippen LogP contribution is -2.45. The molecule has 0 spiro atoms. The second-order valence-corrected chi connectivity index (χ2v) is 5.01. The van der Waals surface area contributed by atoms with Gasteiger partial charge in [-0.2, -0.15) is 0 Å². The molecule has 0 unspecified atom stereocenters. The normalized spacial score (nSPS) is 11.6. The third-order valence-electron chi connectivity index (χ3n) is 2.80. The molecule has 0 aliphatic rings. The highest BCUT2D eigenvalue weighted by molar-refractivity contribution is 6.04. The molecule has 0 aliphatic carbocycles. The Morgan fingerprint density at radius 1 is 1.33 bits per heavy atom. The number of amides is 1. The molecule has 4 nitrogen and oxygen atoms in total. The summed E-state index contributed by atoms with van der Waals surface area (Å²) in [5.41, 5.74) is 7.59. The van der Waals surface area contributed by atoms with E-state index in [0.29, 0.717) is 0 Å². The Hall–Kier alpha value is -1.94. The zero-order chi connectivity index (χ0) is 13.3. The molecule has 2 aromatic rings. The maximum Gasteiger partial charge on any atom is 0.243 e. The van der Waals surface area contributed by atoms with Crippen molar-refractivity contribution in [2.24, 2.45) is 5.73 Å². The van der Waals surface area contributed by atoms with Crippen molar-refractivity contribution >= 4 is 22.5 Å². The van der Waals surface area contributed by atoms with Crippen LogP contribution in [-0.2, 0) is 4.79 Å². The van der Waals surface area contributed by atoms with Gasteiger partial charge < -0.3 is 11.1 Å². The van der Waals surface area contributed by atoms with Crippen LogP contribution in [0.1, 0.15) is 19.4 Å². The first-order valence-corrected chi connectivity index (χ1v) is 5.84. The average molecular weight is 243 g/mol. The highest BCUT2D eigenvalue weighted by Gasteiger charge is 2.22. The fourth-order valence-electron chi connectivity index (χ4n) is 1.71. The summed E-state index contributed by atoms with van der Waals surface area (Å²) >= 11 is 0. The lowest BCUT2D eigenvalue weighted by molar-refractivity contribution is -0.120. The van der Waals surface area contributed by atoms with E-state index in [-0.39, 0.29) is 5.91 Å². The molecule has 0 atom stereocenters. The quantitative estimate of drug-likeness (QED) is 0.849. The van der Waals surface area contributed by atoms with E-state index in [1.54, 1.807) is 20.0 Å². The summed E-state index contributed by atoms with van der Waals surface area (Å²) in [4.78, 5) is 16.2. The van der Waals surface area contributed by atoms with Gasteiger partial charge in [-0.05, 0) is 44.5 Å². The number of nitrogens with two attached hydrogens (primary N) is 1. The summed E-state index contributed by atoms with van der Waals surface area (Å²) in [6, 6.07) is 7.61. The molecule has 1 heterocycles. The van der Waals surface area contributed by atoms with Crippen LogP contribution < -0.4 is 11.1 Å². The number of carbonyl (C=O) groups is 1. The van der Waals surface area contributed by atoms with Crippen molar-refractivity contribution in [3.05, 3.63) is 36.0 Å². The molecule has 0 radical (unpaired) electrons. The largest absolute Gasteiger partial charge is 0.324 e. The van der Waals surface area contributed by atoms with Gasteiger partial charge in [0.05, 0.1) is 16.7 Å². The number of fused-ring (bicyclic) bond motifs is 1. The summed E-state index contributed by atoms with van der Waals surface area (Å²) < 4.78 is 0. The Morgan fingerprint density at radius 2 is 2.06 bits per heavy atom. The van der Waals surface area contributed by atoms with Crippen molar-refractivity contribution in [3.63, 3.8) is 0 Å². The first kappa shape index (κ1) is 12.5. The van der Waals surface area contributed by atoms with Gasteiger partial charge in [-0.25, -0.2) is 0 Å². The molecule has 4 heteroatoms. The number of rotatable bonds is 2. The number of anilines is 1. The molecule has 0 saturated carbocycles. The SMILES string of the molecule is Cc1ccc(NC(=O)C(C)(C)N)c2cccnc12. The topological polar surface area (TPSA) is 68.0 Å². The van der Waals surface area contributed by atoms with Crippen molar-refractivity contribution in [1.29, 1.82) is 0 Å². The van der Waals surface area contributed by atoms with E-state index < -0.39 is 5.54 Å². The number of nitrogens with zero attached hydrogens (tertiary/aromatic N) is 1. The second-order valence-electron chi connectivity index (χ2n) is 5.01. The fraction of sp³-hybridized carbons (Fsp3) is 0.286. The molecule has 3 N–H and O–H groups in total. The molecule has 2 rings (SSSR count). The molecule has 0 fully saturated rings. The molecule has 0 saturated heterocycles.